The summed E-state index contributed by atoms with van der Waals surface area (Å²) in [6.07, 6.45) is 4.26. The molecule has 1 N–H and O–H groups in total. The fraction of sp³-hybridized carbons (Fsp3) is 0.536. The molecule has 2 aromatic heterocycles. The quantitative estimate of drug-likeness (QED) is 0.393. The molecule has 1 fully saturated rings. The van der Waals surface area contributed by atoms with Crippen LogP contribution in [-0.2, 0) is 17.4 Å². The van der Waals surface area contributed by atoms with Crippen molar-refractivity contribution in [3.63, 3.8) is 0 Å². The highest BCUT2D eigenvalue weighted by atomic mass is 28.3. The second-order valence-electron chi connectivity index (χ2n) is 11.5. The lowest BCUT2D eigenvalue weighted by molar-refractivity contribution is 0.0858. The molecule has 200 valence electrons. The van der Waals surface area contributed by atoms with Gasteiger partial charge in [-0.1, -0.05) is 38.1 Å². The van der Waals surface area contributed by atoms with Gasteiger partial charge in [0.1, 0.15) is 0 Å². The highest BCUT2D eigenvalue weighted by Gasteiger charge is 2.33. The SMILES string of the molecule is C[SiH](C)OC(c1c(Cn2ccccc2=O)ccc2c(CCC3CCN(C(=O)O)CC3)noc12)C(C)(C)C. The number of pyridine rings is 1. The molecule has 8 nitrogen and oxygen atoms in total. The van der Waals surface area contributed by atoms with Crippen molar-refractivity contribution in [3.05, 3.63) is 63.7 Å². The van der Waals surface area contributed by atoms with E-state index in [1.165, 1.54) is 4.90 Å². The minimum atomic E-state index is -1.41. The monoisotopic (exact) mass is 525 g/mol. The molecule has 0 bridgehead atoms. The molecular formula is C28H39N3O5Si. The largest absolute Gasteiger partial charge is 0.465 e. The maximum atomic E-state index is 12.5. The second kappa shape index (κ2) is 11.2. The molecule has 1 atom stereocenters. The third-order valence-electron chi connectivity index (χ3n) is 7.22. The van der Waals surface area contributed by atoms with E-state index >= 15 is 0 Å². The number of rotatable bonds is 8. The molecule has 1 aliphatic rings. The summed E-state index contributed by atoms with van der Waals surface area (Å²) in [5.74, 6) is 0.476. The predicted molar refractivity (Wildman–Crippen MR) is 147 cm³/mol. The van der Waals surface area contributed by atoms with Gasteiger partial charge in [-0.3, -0.25) is 4.79 Å². The van der Waals surface area contributed by atoms with Crippen LogP contribution in [0, 0.1) is 11.3 Å². The highest BCUT2D eigenvalue weighted by Crippen LogP contribution is 2.42. The average Bonchev–Trinajstić information content (AvgIpc) is 3.25. The fourth-order valence-corrected chi connectivity index (χ4v) is 6.32. The van der Waals surface area contributed by atoms with E-state index in [0.717, 1.165) is 53.5 Å². The van der Waals surface area contributed by atoms with E-state index in [1.54, 1.807) is 16.7 Å². The smallest absolute Gasteiger partial charge is 0.407 e. The number of carboxylic acid groups (broad SMARTS) is 1. The van der Waals surface area contributed by atoms with E-state index in [1.807, 2.05) is 12.3 Å². The van der Waals surface area contributed by atoms with Gasteiger partial charge < -0.3 is 23.5 Å². The molecule has 0 aliphatic carbocycles. The number of fused-ring (bicyclic) bond motifs is 1. The van der Waals surface area contributed by atoms with Crippen LogP contribution in [0.4, 0.5) is 4.79 Å². The summed E-state index contributed by atoms with van der Waals surface area (Å²) in [5.41, 5.74) is 3.41. The molecule has 3 aromatic rings. The Kier molecular flexibility index (Phi) is 8.23. The van der Waals surface area contributed by atoms with Gasteiger partial charge in [0.2, 0.25) is 0 Å². The lowest BCUT2D eigenvalue weighted by Crippen LogP contribution is -2.37. The number of hydrogen-bond donors (Lipinski definition) is 1. The van der Waals surface area contributed by atoms with Crippen molar-refractivity contribution >= 4 is 26.1 Å². The molecule has 1 aromatic carbocycles. The van der Waals surface area contributed by atoms with Crippen molar-refractivity contribution < 1.29 is 18.9 Å². The molecule has 0 radical (unpaired) electrons. The van der Waals surface area contributed by atoms with Crippen molar-refractivity contribution in [1.82, 2.24) is 14.6 Å². The topological polar surface area (TPSA) is 97.8 Å². The normalized spacial score (nSPS) is 16.0. The van der Waals surface area contributed by atoms with Crippen LogP contribution in [0.1, 0.15) is 63.0 Å². The van der Waals surface area contributed by atoms with Crippen LogP contribution in [0.25, 0.3) is 11.0 Å². The Morgan fingerprint density at radius 2 is 1.95 bits per heavy atom. The van der Waals surface area contributed by atoms with Gasteiger partial charge in [-0.25, -0.2) is 4.79 Å². The van der Waals surface area contributed by atoms with Gasteiger partial charge in [0.25, 0.3) is 5.56 Å². The zero-order valence-electron chi connectivity index (χ0n) is 22.6. The molecule has 1 aliphatic heterocycles. The van der Waals surface area contributed by atoms with Crippen molar-refractivity contribution in [3.8, 4) is 0 Å². The molecule has 9 heteroatoms. The third kappa shape index (κ3) is 6.33. The minimum Gasteiger partial charge on any atom is -0.465 e. The molecule has 0 spiro atoms. The molecular weight excluding hydrogens is 486 g/mol. The zero-order chi connectivity index (χ0) is 26.7. The van der Waals surface area contributed by atoms with E-state index in [0.29, 0.717) is 25.6 Å². The Hall–Kier alpha value is -2.91. The maximum Gasteiger partial charge on any atom is 0.407 e. The Bertz CT molecular complexity index is 1280. The van der Waals surface area contributed by atoms with Crippen LogP contribution in [0.5, 0.6) is 0 Å². The second-order valence-corrected chi connectivity index (χ2v) is 13.9. The minimum absolute atomic E-state index is 0.0489. The van der Waals surface area contributed by atoms with Crippen LogP contribution >= 0.6 is 0 Å². The Morgan fingerprint density at radius 3 is 2.57 bits per heavy atom. The van der Waals surface area contributed by atoms with Crippen LogP contribution in [0.2, 0.25) is 13.1 Å². The highest BCUT2D eigenvalue weighted by molar-refractivity contribution is 6.48. The van der Waals surface area contributed by atoms with E-state index in [4.69, 9.17) is 8.95 Å². The lowest BCUT2D eigenvalue weighted by Gasteiger charge is -2.34. The van der Waals surface area contributed by atoms with Gasteiger partial charge in [0, 0.05) is 36.3 Å². The van der Waals surface area contributed by atoms with Gasteiger partial charge in [0.05, 0.1) is 18.3 Å². The standard InChI is InChI=1S/C28H39N3O5Si/c1-28(2,3)26(36-37(4)5)24-20(18-31-15-7-6-8-23(31)32)10-11-21-22(29-35-25(21)24)12-9-19-13-16-30(17-14-19)27(33)34/h6-8,10-11,15,19,26,37H,9,12-14,16-18H2,1-5H3,(H,33,34). The van der Waals surface area contributed by atoms with Crippen LogP contribution < -0.4 is 5.56 Å². The number of carbonyl (C=O) groups is 1. The number of aryl methyl sites for hydroxylation is 1. The van der Waals surface area contributed by atoms with Gasteiger partial charge in [-0.05, 0) is 67.8 Å². The third-order valence-corrected chi connectivity index (χ3v) is 8.03. The zero-order valence-corrected chi connectivity index (χ0v) is 23.7. The molecule has 4 rings (SSSR count). The van der Waals surface area contributed by atoms with E-state index in [2.05, 4.69) is 51.2 Å². The Morgan fingerprint density at radius 1 is 1.22 bits per heavy atom. The van der Waals surface area contributed by atoms with E-state index in [-0.39, 0.29) is 17.1 Å². The summed E-state index contributed by atoms with van der Waals surface area (Å²) in [5, 5.41) is 14.7. The number of nitrogens with zero attached hydrogens (tertiary/aromatic N) is 3. The van der Waals surface area contributed by atoms with Gasteiger partial charge in [-0.2, -0.15) is 0 Å². The van der Waals surface area contributed by atoms with Gasteiger partial charge >= 0.3 is 6.09 Å². The number of aromatic nitrogens is 2. The molecule has 37 heavy (non-hydrogen) atoms. The Labute approximate surface area is 219 Å². The molecule has 1 unspecified atom stereocenters. The van der Waals surface area contributed by atoms with Crippen molar-refractivity contribution in [2.24, 2.45) is 11.3 Å². The lowest BCUT2D eigenvalue weighted by atomic mass is 9.82. The van der Waals surface area contributed by atoms with E-state index < -0.39 is 15.1 Å². The van der Waals surface area contributed by atoms with Crippen LogP contribution in [0.3, 0.4) is 0 Å². The average molecular weight is 526 g/mol. The van der Waals surface area contributed by atoms with Gasteiger partial charge in [0.15, 0.2) is 14.6 Å². The number of benzene rings is 1. The molecule has 0 saturated carbocycles. The summed E-state index contributed by atoms with van der Waals surface area (Å²) >= 11 is 0. The Balaban J connectivity index is 1.68. The summed E-state index contributed by atoms with van der Waals surface area (Å²) in [4.78, 5) is 25.2. The molecule has 1 amide bonds. The first-order valence-corrected chi connectivity index (χ1v) is 16.0. The first-order chi connectivity index (χ1) is 17.5. The van der Waals surface area contributed by atoms with Crippen molar-refractivity contribution in [2.75, 3.05) is 13.1 Å². The van der Waals surface area contributed by atoms with Crippen LogP contribution in [-0.4, -0.2) is 48.0 Å². The van der Waals surface area contributed by atoms with Gasteiger partial charge in [-0.15, -0.1) is 0 Å². The first kappa shape index (κ1) is 27.1. The van der Waals surface area contributed by atoms with Crippen LogP contribution in [0.15, 0.2) is 45.8 Å². The fourth-order valence-electron chi connectivity index (χ4n) is 5.23. The summed E-state index contributed by atoms with van der Waals surface area (Å²) in [6, 6.07) is 9.35. The van der Waals surface area contributed by atoms with E-state index in [9.17, 15) is 14.7 Å². The number of hydrogen-bond acceptors (Lipinski definition) is 5. The molecule has 1 saturated heterocycles. The number of piperidine rings is 1. The summed E-state index contributed by atoms with van der Waals surface area (Å²) in [6.45, 7) is 12.5. The van der Waals surface area contributed by atoms with Crippen molar-refractivity contribution in [2.45, 2.75) is 72.2 Å². The number of amides is 1. The number of likely N-dealkylation sites (tertiary alicyclic amines) is 1. The maximum absolute atomic E-state index is 12.5. The predicted octanol–water partition coefficient (Wildman–Crippen LogP) is 5.45. The first-order valence-electron chi connectivity index (χ1n) is 13.2. The molecule has 3 heterocycles. The summed E-state index contributed by atoms with van der Waals surface area (Å²) in [7, 11) is -1.41. The summed E-state index contributed by atoms with van der Waals surface area (Å²) < 4.78 is 14.4. The van der Waals surface area contributed by atoms with Crippen molar-refractivity contribution in [1.29, 1.82) is 0 Å².